The number of rotatable bonds is 4. The van der Waals surface area contributed by atoms with Crippen molar-refractivity contribution in [3.05, 3.63) is 45.7 Å². The lowest BCUT2D eigenvalue weighted by atomic mass is 9.92. The summed E-state index contributed by atoms with van der Waals surface area (Å²) in [6.07, 6.45) is -0.107. The summed E-state index contributed by atoms with van der Waals surface area (Å²) < 4.78 is 5.32. The van der Waals surface area contributed by atoms with Gasteiger partial charge in [0.2, 0.25) is 17.8 Å². The van der Waals surface area contributed by atoms with E-state index in [1.54, 1.807) is 0 Å². The van der Waals surface area contributed by atoms with Crippen molar-refractivity contribution >= 4 is 29.3 Å². The zero-order valence-electron chi connectivity index (χ0n) is 17.0. The van der Waals surface area contributed by atoms with Gasteiger partial charge in [0.05, 0.1) is 24.7 Å². The van der Waals surface area contributed by atoms with E-state index in [2.05, 4.69) is 34.4 Å². The highest BCUT2D eigenvalue weighted by Gasteiger charge is 2.35. The minimum atomic E-state index is -0.909. The van der Waals surface area contributed by atoms with Gasteiger partial charge in [-0.1, -0.05) is 26.0 Å². The van der Waals surface area contributed by atoms with E-state index in [0.717, 1.165) is 5.56 Å². The molecule has 0 bridgehead atoms. The molecule has 2 aliphatic heterocycles. The fourth-order valence-corrected chi connectivity index (χ4v) is 3.69. The third-order valence-corrected chi connectivity index (χ3v) is 5.41. The molecule has 1 aromatic carbocycles. The maximum atomic E-state index is 12.9. The minimum absolute atomic E-state index is 0.107. The fourth-order valence-electron chi connectivity index (χ4n) is 3.69. The van der Waals surface area contributed by atoms with Crippen LogP contribution in [0.25, 0.3) is 0 Å². The molecule has 0 spiro atoms. The van der Waals surface area contributed by atoms with Gasteiger partial charge in [-0.3, -0.25) is 19.4 Å². The third kappa shape index (κ3) is 4.06. The van der Waals surface area contributed by atoms with Crippen molar-refractivity contribution in [1.29, 1.82) is 0 Å². The number of aromatic amines is 1. The average Bonchev–Trinajstić information content (AvgIpc) is 2.73. The Morgan fingerprint density at radius 3 is 2.57 bits per heavy atom. The second-order valence-corrected chi connectivity index (χ2v) is 7.82. The Balaban J connectivity index is 1.60. The quantitative estimate of drug-likeness (QED) is 0.706. The zero-order chi connectivity index (χ0) is 21.3. The number of nitrogens with one attached hydrogen (secondary N) is 3. The molecular weight excluding hydrogens is 386 g/mol. The molecule has 1 saturated heterocycles. The first-order chi connectivity index (χ1) is 14.4. The van der Waals surface area contributed by atoms with Crippen molar-refractivity contribution in [3.8, 4) is 0 Å². The van der Waals surface area contributed by atoms with Crippen LogP contribution in [-0.4, -0.2) is 48.1 Å². The largest absolute Gasteiger partial charge is 0.378 e. The number of H-pyrrole nitrogens is 1. The first-order valence-corrected chi connectivity index (χ1v) is 10.1. The first-order valence-electron chi connectivity index (χ1n) is 10.1. The molecule has 2 aromatic rings. The number of hydrogen-bond donors (Lipinski definition) is 3. The lowest BCUT2D eigenvalue weighted by molar-refractivity contribution is -0.123. The van der Waals surface area contributed by atoms with E-state index in [0.29, 0.717) is 43.9 Å². The Hall–Kier alpha value is -3.20. The topological polar surface area (TPSA) is 116 Å². The van der Waals surface area contributed by atoms with Gasteiger partial charge in [-0.2, -0.15) is 4.98 Å². The number of ether oxygens (including phenoxy) is 1. The van der Waals surface area contributed by atoms with Crippen molar-refractivity contribution in [1.82, 2.24) is 9.97 Å². The third-order valence-electron chi connectivity index (χ3n) is 5.41. The maximum absolute atomic E-state index is 12.9. The predicted octanol–water partition coefficient (Wildman–Crippen LogP) is 1.79. The van der Waals surface area contributed by atoms with Gasteiger partial charge < -0.3 is 20.3 Å². The number of hydrogen-bond acceptors (Lipinski definition) is 6. The first kappa shape index (κ1) is 20.1. The molecule has 0 aliphatic carbocycles. The van der Waals surface area contributed by atoms with Crippen LogP contribution in [0.2, 0.25) is 0 Å². The van der Waals surface area contributed by atoms with E-state index in [4.69, 9.17) is 4.74 Å². The average molecular weight is 411 g/mol. The van der Waals surface area contributed by atoms with E-state index >= 15 is 0 Å². The second-order valence-electron chi connectivity index (χ2n) is 7.82. The van der Waals surface area contributed by atoms with Crippen LogP contribution in [-0.2, 0) is 14.3 Å². The summed E-state index contributed by atoms with van der Waals surface area (Å²) in [5.74, 6) is -0.763. The van der Waals surface area contributed by atoms with Crippen LogP contribution >= 0.6 is 0 Å². The molecule has 0 unspecified atom stereocenters. The van der Waals surface area contributed by atoms with Gasteiger partial charge >= 0.3 is 0 Å². The van der Waals surface area contributed by atoms with E-state index in [-0.39, 0.29) is 23.7 Å². The molecule has 4 rings (SSSR count). The fraction of sp³-hybridized carbons (Fsp3) is 0.429. The molecule has 1 aromatic heterocycles. The number of carbonyl (C=O) groups is 2. The summed E-state index contributed by atoms with van der Waals surface area (Å²) in [5.41, 5.74) is 1.54. The molecule has 3 N–H and O–H groups in total. The van der Waals surface area contributed by atoms with Crippen molar-refractivity contribution in [2.75, 3.05) is 41.8 Å². The highest BCUT2D eigenvalue weighted by Crippen LogP contribution is 2.30. The van der Waals surface area contributed by atoms with Gasteiger partial charge in [-0.15, -0.1) is 0 Å². The molecule has 30 heavy (non-hydrogen) atoms. The molecule has 3 heterocycles. The number of anilines is 3. The number of amides is 2. The molecule has 2 amide bonds. The van der Waals surface area contributed by atoms with E-state index in [1.165, 1.54) is 0 Å². The molecule has 0 saturated carbocycles. The Bertz CT molecular complexity index is 1010. The van der Waals surface area contributed by atoms with Crippen molar-refractivity contribution < 1.29 is 14.3 Å². The van der Waals surface area contributed by atoms with Crippen molar-refractivity contribution in [3.63, 3.8) is 0 Å². The van der Waals surface area contributed by atoms with Gasteiger partial charge in [0.25, 0.3) is 5.56 Å². The van der Waals surface area contributed by atoms with Crippen LogP contribution in [0, 0.1) is 0 Å². The lowest BCUT2D eigenvalue weighted by Crippen LogP contribution is -2.41. The monoisotopic (exact) mass is 411 g/mol. The Kier molecular flexibility index (Phi) is 5.54. The standard InChI is InChI=1S/C21H25N5O4/c1-12(2)13-3-5-14(6-4-13)22-19(28)15-11-16(27)23-18-17(15)20(29)25-21(24-18)26-7-9-30-10-8-26/h3-6,12,15H,7-11H2,1-2H3,(H,22,28)(H2,23,24,25,27,29)/t15-/m1/s1. The van der Waals surface area contributed by atoms with Crippen LogP contribution in [0.4, 0.5) is 17.5 Å². The van der Waals surface area contributed by atoms with Gasteiger partial charge in [-0.25, -0.2) is 0 Å². The number of nitrogens with zero attached hydrogens (tertiary/aromatic N) is 2. The van der Waals surface area contributed by atoms with E-state index < -0.39 is 17.4 Å². The zero-order valence-corrected chi connectivity index (χ0v) is 17.0. The van der Waals surface area contributed by atoms with Gasteiger partial charge in [0.15, 0.2) is 0 Å². The van der Waals surface area contributed by atoms with E-state index in [1.807, 2.05) is 29.2 Å². The van der Waals surface area contributed by atoms with Crippen LogP contribution < -0.4 is 21.1 Å². The number of fused-ring (bicyclic) bond motifs is 1. The highest BCUT2D eigenvalue weighted by molar-refractivity contribution is 6.04. The maximum Gasteiger partial charge on any atom is 0.258 e. The molecule has 1 atom stereocenters. The second kappa shape index (κ2) is 8.27. The number of carbonyl (C=O) groups excluding carboxylic acids is 2. The molecule has 0 radical (unpaired) electrons. The van der Waals surface area contributed by atoms with Crippen LogP contribution in [0.15, 0.2) is 29.1 Å². The van der Waals surface area contributed by atoms with Crippen LogP contribution in [0.3, 0.4) is 0 Å². The highest BCUT2D eigenvalue weighted by atomic mass is 16.5. The van der Waals surface area contributed by atoms with Gasteiger partial charge in [0.1, 0.15) is 5.82 Å². The van der Waals surface area contributed by atoms with Crippen LogP contribution in [0.1, 0.15) is 43.2 Å². The molecule has 9 heteroatoms. The molecular formula is C21H25N5O4. The predicted molar refractivity (Wildman–Crippen MR) is 113 cm³/mol. The molecule has 9 nitrogen and oxygen atoms in total. The Morgan fingerprint density at radius 1 is 1.20 bits per heavy atom. The summed E-state index contributed by atoms with van der Waals surface area (Å²) in [6.45, 7) is 6.44. The van der Waals surface area contributed by atoms with E-state index in [9.17, 15) is 14.4 Å². The van der Waals surface area contributed by atoms with Gasteiger partial charge in [0, 0.05) is 25.2 Å². The smallest absolute Gasteiger partial charge is 0.258 e. The number of aromatic nitrogens is 2. The lowest BCUT2D eigenvalue weighted by Gasteiger charge is -2.29. The van der Waals surface area contributed by atoms with Crippen molar-refractivity contribution in [2.24, 2.45) is 0 Å². The summed E-state index contributed by atoms with van der Waals surface area (Å²) in [4.78, 5) is 47.1. The number of morpholine rings is 1. The summed E-state index contributed by atoms with van der Waals surface area (Å²) >= 11 is 0. The Labute approximate surface area is 173 Å². The minimum Gasteiger partial charge on any atom is -0.378 e. The Morgan fingerprint density at radius 2 is 1.90 bits per heavy atom. The van der Waals surface area contributed by atoms with Crippen LogP contribution in [0.5, 0.6) is 0 Å². The SMILES string of the molecule is CC(C)c1ccc(NC(=O)[C@@H]2CC(=O)Nc3nc(N4CCOCC4)[nH]c(=O)c32)cc1. The number of benzene rings is 1. The molecule has 158 valence electrons. The molecule has 2 aliphatic rings. The summed E-state index contributed by atoms with van der Waals surface area (Å²) in [6, 6.07) is 7.54. The molecule has 1 fully saturated rings. The van der Waals surface area contributed by atoms with Gasteiger partial charge in [-0.05, 0) is 23.6 Å². The summed E-state index contributed by atoms with van der Waals surface area (Å²) in [5, 5.41) is 5.46. The summed E-state index contributed by atoms with van der Waals surface area (Å²) in [7, 11) is 0. The normalized spacial score (nSPS) is 18.7. The van der Waals surface area contributed by atoms with Crippen molar-refractivity contribution in [2.45, 2.75) is 32.1 Å².